The molecule has 3 heterocycles. The molecule has 1 saturated heterocycles. The maximum absolute atomic E-state index is 5.95. The number of rotatable bonds is 4. The molecule has 1 N–H and O–H groups in total. The number of thiocarbonyl (C=S) groups is 1. The van der Waals surface area contributed by atoms with E-state index in [1.165, 1.54) is 74.7 Å². The van der Waals surface area contributed by atoms with E-state index in [1.807, 2.05) is 12.3 Å². The molecule has 0 aromatic carbocycles. The summed E-state index contributed by atoms with van der Waals surface area (Å²) in [5.41, 5.74) is 5.36. The number of hydrogen-bond donors (Lipinski definition) is 1. The molecule has 0 bridgehead atoms. The molecule has 0 amide bonds. The summed E-state index contributed by atoms with van der Waals surface area (Å²) >= 11 is 5.95. The van der Waals surface area contributed by atoms with Crippen LogP contribution in [0.5, 0.6) is 0 Å². The number of pyridine rings is 1. The lowest BCUT2D eigenvalue weighted by Gasteiger charge is -2.37. The van der Waals surface area contributed by atoms with E-state index >= 15 is 0 Å². The molecule has 30 heavy (non-hydrogen) atoms. The summed E-state index contributed by atoms with van der Waals surface area (Å²) < 4.78 is 2.62. The highest BCUT2D eigenvalue weighted by Crippen LogP contribution is 2.45. The van der Waals surface area contributed by atoms with Gasteiger partial charge in [0.15, 0.2) is 5.11 Å². The fourth-order valence-corrected chi connectivity index (χ4v) is 6.67. The van der Waals surface area contributed by atoms with Gasteiger partial charge in [0.05, 0.1) is 17.8 Å². The number of nitrogens with zero attached hydrogens (tertiary/aromatic N) is 3. The van der Waals surface area contributed by atoms with Crippen LogP contribution >= 0.6 is 12.2 Å². The van der Waals surface area contributed by atoms with Crippen LogP contribution in [0.2, 0.25) is 0 Å². The molecule has 3 aliphatic rings. The van der Waals surface area contributed by atoms with Crippen molar-refractivity contribution in [3.63, 3.8) is 0 Å². The summed E-state index contributed by atoms with van der Waals surface area (Å²) in [6, 6.07) is 10.2. The molecule has 5 heteroatoms. The molecule has 0 unspecified atom stereocenters. The Bertz CT molecular complexity index is 893. The average molecular weight is 423 g/mol. The SMILES string of the molecule is Cc1cc([C@@H]2[C@@H](c3ccccn3)NC(=S)N2C2CCCCC2)c(C)n1C1CCCC1. The predicted octanol–water partition coefficient (Wildman–Crippen LogP) is 5.92. The predicted molar refractivity (Wildman–Crippen MR) is 126 cm³/mol. The van der Waals surface area contributed by atoms with Crippen LogP contribution in [0.15, 0.2) is 30.5 Å². The minimum absolute atomic E-state index is 0.109. The summed E-state index contributed by atoms with van der Waals surface area (Å²) in [6.45, 7) is 4.62. The quantitative estimate of drug-likeness (QED) is 0.620. The second-order valence-electron chi connectivity index (χ2n) is 9.46. The Hall–Kier alpha value is -1.88. The molecule has 2 aromatic rings. The van der Waals surface area contributed by atoms with E-state index < -0.39 is 0 Å². The zero-order valence-electron chi connectivity index (χ0n) is 18.3. The van der Waals surface area contributed by atoms with Crippen molar-refractivity contribution in [3.8, 4) is 0 Å². The molecule has 2 aromatic heterocycles. The van der Waals surface area contributed by atoms with Gasteiger partial charge in [-0.2, -0.15) is 0 Å². The van der Waals surface area contributed by atoms with Crippen molar-refractivity contribution in [2.75, 3.05) is 0 Å². The van der Waals surface area contributed by atoms with Crippen LogP contribution in [0.25, 0.3) is 0 Å². The maximum Gasteiger partial charge on any atom is 0.170 e. The lowest BCUT2D eigenvalue weighted by atomic mass is 9.90. The third-order valence-electron chi connectivity index (χ3n) is 7.64. The van der Waals surface area contributed by atoms with Gasteiger partial charge in [-0.25, -0.2) is 0 Å². The molecular formula is C25H34N4S. The van der Waals surface area contributed by atoms with Crippen LogP contribution in [0.4, 0.5) is 0 Å². The van der Waals surface area contributed by atoms with Gasteiger partial charge in [-0.3, -0.25) is 4.98 Å². The molecule has 0 radical (unpaired) electrons. The third kappa shape index (κ3) is 3.45. The number of aryl methyl sites for hydroxylation is 1. The molecule has 2 saturated carbocycles. The minimum Gasteiger partial charge on any atom is -0.352 e. The van der Waals surface area contributed by atoms with E-state index in [9.17, 15) is 0 Å². The van der Waals surface area contributed by atoms with Gasteiger partial charge in [-0.05, 0) is 75.5 Å². The first-order valence-electron chi connectivity index (χ1n) is 11.8. The molecule has 1 aliphatic heterocycles. The average Bonchev–Trinajstić information content (AvgIpc) is 3.47. The summed E-state index contributed by atoms with van der Waals surface area (Å²) in [5.74, 6) is 0. The second-order valence-corrected chi connectivity index (χ2v) is 9.85. The van der Waals surface area contributed by atoms with E-state index in [0.29, 0.717) is 12.1 Å². The van der Waals surface area contributed by atoms with Gasteiger partial charge < -0.3 is 14.8 Å². The molecule has 2 aliphatic carbocycles. The van der Waals surface area contributed by atoms with Crippen molar-refractivity contribution in [1.29, 1.82) is 0 Å². The normalized spacial score (nSPS) is 25.8. The zero-order valence-corrected chi connectivity index (χ0v) is 19.1. The fourth-order valence-electron chi connectivity index (χ4n) is 6.28. The van der Waals surface area contributed by atoms with Crippen molar-refractivity contribution in [1.82, 2.24) is 19.8 Å². The van der Waals surface area contributed by atoms with Gasteiger partial charge in [0.1, 0.15) is 0 Å². The smallest absolute Gasteiger partial charge is 0.170 e. The van der Waals surface area contributed by atoms with Crippen LogP contribution < -0.4 is 5.32 Å². The Balaban J connectivity index is 1.58. The maximum atomic E-state index is 5.95. The lowest BCUT2D eigenvalue weighted by molar-refractivity contribution is 0.196. The molecular weight excluding hydrogens is 388 g/mol. The Morgan fingerprint density at radius 1 is 0.967 bits per heavy atom. The third-order valence-corrected chi connectivity index (χ3v) is 7.96. The first-order chi connectivity index (χ1) is 14.6. The van der Waals surface area contributed by atoms with E-state index in [-0.39, 0.29) is 12.1 Å². The number of nitrogens with one attached hydrogen (secondary N) is 1. The van der Waals surface area contributed by atoms with Gasteiger partial charge in [-0.1, -0.05) is 38.2 Å². The van der Waals surface area contributed by atoms with Crippen molar-refractivity contribution in [2.24, 2.45) is 0 Å². The molecule has 4 nitrogen and oxygen atoms in total. The summed E-state index contributed by atoms with van der Waals surface area (Å²) in [4.78, 5) is 7.28. The van der Waals surface area contributed by atoms with Gasteiger partial charge >= 0.3 is 0 Å². The number of aromatic nitrogens is 2. The molecule has 5 rings (SSSR count). The highest BCUT2D eigenvalue weighted by atomic mass is 32.1. The second kappa shape index (κ2) is 8.33. The first-order valence-corrected chi connectivity index (χ1v) is 12.2. The largest absolute Gasteiger partial charge is 0.352 e. The Morgan fingerprint density at radius 3 is 2.37 bits per heavy atom. The van der Waals surface area contributed by atoms with E-state index in [2.05, 4.69) is 46.8 Å². The van der Waals surface area contributed by atoms with E-state index in [0.717, 1.165) is 10.8 Å². The van der Waals surface area contributed by atoms with Gasteiger partial charge in [0.2, 0.25) is 0 Å². The van der Waals surface area contributed by atoms with Crippen LogP contribution in [0.3, 0.4) is 0 Å². The zero-order chi connectivity index (χ0) is 20.7. The highest BCUT2D eigenvalue weighted by Gasteiger charge is 2.44. The van der Waals surface area contributed by atoms with Crippen LogP contribution in [0.1, 0.15) is 98.6 Å². The highest BCUT2D eigenvalue weighted by molar-refractivity contribution is 7.80. The summed E-state index contributed by atoms with van der Waals surface area (Å²) in [7, 11) is 0. The summed E-state index contributed by atoms with van der Waals surface area (Å²) in [5, 5.41) is 4.59. The molecule has 2 atom stereocenters. The van der Waals surface area contributed by atoms with Crippen molar-refractivity contribution in [2.45, 2.75) is 95.8 Å². The molecule has 0 spiro atoms. The topological polar surface area (TPSA) is 33.1 Å². The standard InChI is InChI=1S/C25H34N4S/c1-17-16-21(18(2)28(17)19-12-6-7-13-19)24-23(22-14-8-9-15-26-22)27-25(30)29(24)20-10-4-3-5-11-20/h8-9,14-16,19-20,23-24H,3-7,10-13H2,1-2H3,(H,27,30)/t23-,24-/m1/s1. The molecule has 3 fully saturated rings. The Kier molecular flexibility index (Phi) is 5.57. The van der Waals surface area contributed by atoms with Gasteiger partial charge in [0, 0.05) is 29.7 Å². The Labute approximate surface area is 186 Å². The van der Waals surface area contributed by atoms with Gasteiger partial charge in [0.25, 0.3) is 0 Å². The van der Waals surface area contributed by atoms with Crippen molar-refractivity contribution in [3.05, 3.63) is 53.1 Å². The minimum atomic E-state index is 0.109. The number of hydrogen-bond acceptors (Lipinski definition) is 2. The van der Waals surface area contributed by atoms with Gasteiger partial charge in [-0.15, -0.1) is 0 Å². The van der Waals surface area contributed by atoms with Crippen LogP contribution in [-0.4, -0.2) is 25.6 Å². The lowest BCUT2D eigenvalue weighted by Crippen LogP contribution is -2.40. The fraction of sp³-hybridized carbons (Fsp3) is 0.600. The van der Waals surface area contributed by atoms with Crippen molar-refractivity contribution < 1.29 is 0 Å². The monoisotopic (exact) mass is 422 g/mol. The van der Waals surface area contributed by atoms with Crippen LogP contribution in [0, 0.1) is 13.8 Å². The Morgan fingerprint density at radius 2 is 1.67 bits per heavy atom. The van der Waals surface area contributed by atoms with E-state index in [4.69, 9.17) is 17.2 Å². The summed E-state index contributed by atoms with van der Waals surface area (Å²) in [6.07, 6.45) is 13.7. The molecule has 160 valence electrons. The van der Waals surface area contributed by atoms with Crippen molar-refractivity contribution >= 4 is 17.3 Å². The van der Waals surface area contributed by atoms with E-state index in [1.54, 1.807) is 0 Å². The van der Waals surface area contributed by atoms with Crippen LogP contribution in [-0.2, 0) is 0 Å². The first kappa shape index (κ1) is 20.0.